The number of hydrogen-bond acceptors (Lipinski definition) is 8. The number of nitrogens with one attached hydrogen (secondary N) is 3. The number of anilines is 4. The number of hydrogen-bond donors (Lipinski definition) is 3. The Kier molecular flexibility index (Phi) is 7.52. The molecular formula is C27H24N6O3. The number of nitrogens with zero attached hydrogens (tertiary/aromatic N) is 3. The molecule has 0 aliphatic rings. The maximum Gasteiger partial charge on any atom is 0.262 e. The number of methoxy groups -OCH3 is 1. The van der Waals surface area contributed by atoms with Crippen LogP contribution in [0, 0.1) is 0 Å². The molecule has 0 saturated heterocycles. The molecule has 4 aromatic rings. The highest BCUT2D eigenvalue weighted by molar-refractivity contribution is 6.05. The van der Waals surface area contributed by atoms with Gasteiger partial charge in [0.05, 0.1) is 19.0 Å². The van der Waals surface area contributed by atoms with Crippen molar-refractivity contribution in [3.63, 3.8) is 0 Å². The van der Waals surface area contributed by atoms with Crippen LogP contribution in [0.15, 0.2) is 104 Å². The number of carbonyl (C=O) groups excluding carboxylic acids is 1. The summed E-state index contributed by atoms with van der Waals surface area (Å²) >= 11 is 0. The van der Waals surface area contributed by atoms with Gasteiger partial charge in [-0.05, 0) is 36.4 Å². The lowest BCUT2D eigenvalue weighted by molar-refractivity contribution is 0.102. The molecule has 0 fully saturated rings. The summed E-state index contributed by atoms with van der Waals surface area (Å²) in [5.41, 5.74) is 2.80. The Morgan fingerprint density at radius 2 is 1.72 bits per heavy atom. The first-order chi connectivity index (χ1) is 17.5. The zero-order valence-corrected chi connectivity index (χ0v) is 19.6. The number of rotatable bonds is 10. The van der Waals surface area contributed by atoms with E-state index in [0.29, 0.717) is 28.7 Å². The standard InChI is InChI=1S/C27H24N6O3/c1-4-18(2)30-20-11-8-12-22(15-20)36-26-23(25(34)31-19-9-6-5-7-10-19)17-29-27(33-26)32-21-13-14-24(35-3)28-16-21/h4-17,30H,1-2H2,3H3,(H,31,34)(H,29,32,33). The summed E-state index contributed by atoms with van der Waals surface area (Å²) in [6.07, 6.45) is 4.60. The second kappa shape index (κ2) is 11.3. The zero-order valence-electron chi connectivity index (χ0n) is 19.6. The fraction of sp³-hybridized carbons (Fsp3) is 0.0370. The van der Waals surface area contributed by atoms with Crippen molar-refractivity contribution in [3.05, 3.63) is 110 Å². The lowest BCUT2D eigenvalue weighted by Crippen LogP contribution is -2.15. The third-order valence-corrected chi connectivity index (χ3v) is 4.83. The van der Waals surface area contributed by atoms with Gasteiger partial charge in [0.2, 0.25) is 17.7 Å². The first-order valence-corrected chi connectivity index (χ1v) is 10.9. The number of ether oxygens (including phenoxy) is 2. The van der Waals surface area contributed by atoms with E-state index in [1.165, 1.54) is 6.20 Å². The SMILES string of the molecule is C=CC(=C)Nc1cccc(Oc2nc(Nc3ccc(OC)nc3)ncc2C(=O)Nc2ccccc2)c1. The second-order valence-corrected chi connectivity index (χ2v) is 7.43. The van der Waals surface area contributed by atoms with Crippen LogP contribution in [0.3, 0.4) is 0 Å². The maximum absolute atomic E-state index is 13.1. The van der Waals surface area contributed by atoms with Gasteiger partial charge in [-0.3, -0.25) is 4.79 Å². The van der Waals surface area contributed by atoms with Crippen LogP contribution in [-0.4, -0.2) is 28.0 Å². The molecule has 0 saturated carbocycles. The third-order valence-electron chi connectivity index (χ3n) is 4.83. The van der Waals surface area contributed by atoms with Crippen molar-refractivity contribution in [2.45, 2.75) is 0 Å². The van der Waals surface area contributed by atoms with Gasteiger partial charge in [-0.25, -0.2) is 9.97 Å². The Hall–Kier alpha value is -5.18. The average molecular weight is 481 g/mol. The molecule has 4 rings (SSSR count). The molecule has 0 bridgehead atoms. The molecule has 0 radical (unpaired) electrons. The monoisotopic (exact) mass is 480 g/mol. The van der Waals surface area contributed by atoms with Crippen LogP contribution in [0.4, 0.5) is 23.0 Å². The predicted octanol–water partition coefficient (Wildman–Crippen LogP) is 5.78. The number of amides is 1. The van der Waals surface area contributed by atoms with E-state index < -0.39 is 5.91 Å². The molecule has 0 atom stereocenters. The van der Waals surface area contributed by atoms with E-state index in [9.17, 15) is 4.79 Å². The summed E-state index contributed by atoms with van der Waals surface area (Å²) in [5.74, 6) is 0.820. The third kappa shape index (κ3) is 6.23. The summed E-state index contributed by atoms with van der Waals surface area (Å²) < 4.78 is 11.1. The Labute approximate surface area is 208 Å². The van der Waals surface area contributed by atoms with Crippen LogP contribution in [-0.2, 0) is 0 Å². The number of aromatic nitrogens is 3. The van der Waals surface area contributed by atoms with Gasteiger partial charge < -0.3 is 25.4 Å². The second-order valence-electron chi connectivity index (χ2n) is 7.43. The highest BCUT2D eigenvalue weighted by atomic mass is 16.5. The average Bonchev–Trinajstić information content (AvgIpc) is 2.90. The van der Waals surface area contributed by atoms with Crippen LogP contribution in [0.1, 0.15) is 10.4 Å². The summed E-state index contributed by atoms with van der Waals surface area (Å²) in [6.45, 7) is 7.55. The topological polar surface area (TPSA) is 110 Å². The number of carbonyl (C=O) groups is 1. The van der Waals surface area contributed by atoms with Crippen molar-refractivity contribution in [1.82, 2.24) is 15.0 Å². The van der Waals surface area contributed by atoms with Crippen LogP contribution in [0.5, 0.6) is 17.5 Å². The molecule has 0 spiro atoms. The van der Waals surface area contributed by atoms with Crippen molar-refractivity contribution >= 4 is 28.9 Å². The molecule has 9 heteroatoms. The molecule has 1 amide bonds. The highest BCUT2D eigenvalue weighted by Gasteiger charge is 2.18. The van der Waals surface area contributed by atoms with Gasteiger partial charge in [-0.15, -0.1) is 0 Å². The predicted molar refractivity (Wildman–Crippen MR) is 140 cm³/mol. The first kappa shape index (κ1) is 24.0. The molecule has 36 heavy (non-hydrogen) atoms. The van der Waals surface area contributed by atoms with Crippen molar-refractivity contribution < 1.29 is 14.3 Å². The summed E-state index contributed by atoms with van der Waals surface area (Å²) in [5, 5.41) is 9.00. The Morgan fingerprint density at radius 1 is 0.917 bits per heavy atom. The van der Waals surface area contributed by atoms with Crippen LogP contribution >= 0.6 is 0 Å². The highest BCUT2D eigenvalue weighted by Crippen LogP contribution is 2.28. The van der Waals surface area contributed by atoms with Gasteiger partial charge in [0.15, 0.2) is 0 Å². The first-order valence-electron chi connectivity index (χ1n) is 10.9. The van der Waals surface area contributed by atoms with E-state index >= 15 is 0 Å². The quantitative estimate of drug-likeness (QED) is 0.245. The summed E-state index contributed by atoms with van der Waals surface area (Å²) in [4.78, 5) is 26.0. The fourth-order valence-corrected chi connectivity index (χ4v) is 3.07. The Balaban J connectivity index is 1.64. The van der Waals surface area contributed by atoms with Crippen LogP contribution in [0.2, 0.25) is 0 Å². The van der Waals surface area contributed by atoms with Crippen molar-refractivity contribution in [2.24, 2.45) is 0 Å². The van der Waals surface area contributed by atoms with Crippen molar-refractivity contribution in [3.8, 4) is 17.5 Å². The van der Waals surface area contributed by atoms with E-state index in [1.54, 1.807) is 61.8 Å². The van der Waals surface area contributed by atoms with E-state index in [1.807, 2.05) is 24.3 Å². The number of para-hydroxylation sites is 1. The van der Waals surface area contributed by atoms with E-state index in [2.05, 4.69) is 44.1 Å². The summed E-state index contributed by atoms with van der Waals surface area (Å²) in [7, 11) is 1.54. The van der Waals surface area contributed by atoms with Crippen molar-refractivity contribution in [2.75, 3.05) is 23.1 Å². The number of pyridine rings is 1. The minimum absolute atomic E-state index is 0.0714. The maximum atomic E-state index is 13.1. The van der Waals surface area contributed by atoms with Gasteiger partial charge in [0.1, 0.15) is 11.3 Å². The molecule has 2 aromatic heterocycles. The number of allylic oxidation sites excluding steroid dienone is 1. The van der Waals surface area contributed by atoms with E-state index in [-0.39, 0.29) is 17.4 Å². The smallest absolute Gasteiger partial charge is 0.262 e. The van der Waals surface area contributed by atoms with Gasteiger partial charge >= 0.3 is 0 Å². The summed E-state index contributed by atoms with van der Waals surface area (Å²) in [6, 6.07) is 19.7. The molecule has 0 aliphatic heterocycles. The van der Waals surface area contributed by atoms with Gasteiger partial charge in [-0.2, -0.15) is 4.98 Å². The number of benzene rings is 2. The van der Waals surface area contributed by atoms with E-state index in [0.717, 1.165) is 5.69 Å². The van der Waals surface area contributed by atoms with Gasteiger partial charge in [0.25, 0.3) is 5.91 Å². The van der Waals surface area contributed by atoms with Gasteiger partial charge in [-0.1, -0.05) is 37.4 Å². The molecule has 3 N–H and O–H groups in total. The lowest BCUT2D eigenvalue weighted by Gasteiger charge is -2.13. The molecule has 0 unspecified atom stereocenters. The molecular weight excluding hydrogens is 456 g/mol. The Bertz CT molecular complexity index is 1370. The minimum atomic E-state index is -0.414. The molecule has 0 aliphatic carbocycles. The molecule has 180 valence electrons. The zero-order chi connectivity index (χ0) is 25.3. The fourth-order valence-electron chi connectivity index (χ4n) is 3.07. The minimum Gasteiger partial charge on any atom is -0.481 e. The van der Waals surface area contributed by atoms with Crippen LogP contribution in [0.25, 0.3) is 0 Å². The molecule has 9 nitrogen and oxygen atoms in total. The lowest BCUT2D eigenvalue weighted by atomic mass is 10.2. The van der Waals surface area contributed by atoms with E-state index in [4.69, 9.17) is 9.47 Å². The normalized spacial score (nSPS) is 10.1. The Morgan fingerprint density at radius 3 is 2.44 bits per heavy atom. The largest absolute Gasteiger partial charge is 0.481 e. The van der Waals surface area contributed by atoms with Crippen LogP contribution < -0.4 is 25.4 Å². The molecule has 2 aromatic carbocycles. The molecule has 2 heterocycles. The van der Waals surface area contributed by atoms with Crippen molar-refractivity contribution in [1.29, 1.82) is 0 Å². The van der Waals surface area contributed by atoms with Gasteiger partial charge in [0, 0.05) is 35.4 Å².